The Bertz CT molecular complexity index is 1180. The highest BCUT2D eigenvalue weighted by Crippen LogP contribution is 2.17. The molecule has 16 heteroatoms. The van der Waals surface area contributed by atoms with Crippen LogP contribution in [0.5, 0.6) is 5.75 Å². The average molecular weight is 711 g/mol. The summed E-state index contributed by atoms with van der Waals surface area (Å²) in [5.41, 5.74) is 0.782. The summed E-state index contributed by atoms with van der Waals surface area (Å²) in [6, 6.07) is 6.45. The van der Waals surface area contributed by atoms with E-state index in [1.165, 1.54) is 9.80 Å². The van der Waals surface area contributed by atoms with E-state index in [1.54, 1.807) is 24.3 Å². The number of unbranched alkanes of at least 4 members (excludes halogenated alkanes) is 7. The van der Waals surface area contributed by atoms with Crippen LogP contribution in [0.15, 0.2) is 24.3 Å². The first kappa shape index (κ1) is 43.7. The van der Waals surface area contributed by atoms with E-state index in [0.29, 0.717) is 25.3 Å². The minimum Gasteiger partial charge on any atom is -0.494 e. The number of rotatable bonds is 31. The lowest BCUT2D eigenvalue weighted by molar-refractivity contribution is -0.143. The van der Waals surface area contributed by atoms with Crippen molar-refractivity contribution in [2.24, 2.45) is 0 Å². The van der Waals surface area contributed by atoms with Crippen LogP contribution in [-0.4, -0.2) is 148 Å². The molecule has 0 radical (unpaired) electrons. The lowest BCUT2D eigenvalue weighted by atomic mass is 10.0. The van der Waals surface area contributed by atoms with Crippen molar-refractivity contribution in [2.45, 2.75) is 77.2 Å². The smallest absolute Gasteiger partial charge is 0.317 e. The molecule has 1 aromatic rings. The fourth-order valence-corrected chi connectivity index (χ4v) is 5.49. The summed E-state index contributed by atoms with van der Waals surface area (Å²) in [7, 11) is 0. The fourth-order valence-electron chi connectivity index (χ4n) is 5.49. The lowest BCUT2D eigenvalue weighted by Gasteiger charge is -2.35. The van der Waals surface area contributed by atoms with Gasteiger partial charge in [-0.25, -0.2) is 0 Å². The third-order valence-corrected chi connectivity index (χ3v) is 7.82. The van der Waals surface area contributed by atoms with E-state index in [1.807, 2.05) is 6.92 Å². The van der Waals surface area contributed by atoms with Crippen molar-refractivity contribution < 1.29 is 59.0 Å². The van der Waals surface area contributed by atoms with Gasteiger partial charge in [0.25, 0.3) is 0 Å². The third kappa shape index (κ3) is 22.4. The Labute approximate surface area is 293 Å². The number of carbonyl (C=O) groups is 6. The molecule has 0 heterocycles. The van der Waals surface area contributed by atoms with Crippen LogP contribution in [0.2, 0.25) is 0 Å². The number of amides is 1. The highest BCUT2D eigenvalue weighted by Gasteiger charge is 2.27. The molecular formula is C34H54N4O12. The number of carboxylic acids is 5. The summed E-state index contributed by atoms with van der Waals surface area (Å²) in [4.78, 5) is 74.1. The van der Waals surface area contributed by atoms with Gasteiger partial charge < -0.3 is 35.6 Å². The number of carbonyl (C=O) groups excluding carboxylic acids is 1. The van der Waals surface area contributed by atoms with Crippen LogP contribution in [0.3, 0.4) is 0 Å². The monoisotopic (exact) mass is 710 g/mol. The van der Waals surface area contributed by atoms with Crippen LogP contribution < -0.4 is 10.1 Å². The van der Waals surface area contributed by atoms with Crippen LogP contribution in [0.4, 0.5) is 0 Å². The second-order valence-corrected chi connectivity index (χ2v) is 12.2. The van der Waals surface area contributed by atoms with Crippen molar-refractivity contribution in [3.05, 3.63) is 29.8 Å². The number of hydrogen-bond donors (Lipinski definition) is 6. The molecule has 16 nitrogen and oxygen atoms in total. The molecule has 0 aliphatic heterocycles. The maximum atomic E-state index is 13.0. The van der Waals surface area contributed by atoms with E-state index in [9.17, 15) is 49.2 Å². The first-order valence-electron chi connectivity index (χ1n) is 17.0. The van der Waals surface area contributed by atoms with Crippen LogP contribution in [0, 0.1) is 0 Å². The number of hydrogen-bond acceptors (Lipinski definition) is 10. The first-order valence-corrected chi connectivity index (χ1v) is 17.0. The zero-order chi connectivity index (χ0) is 37.3. The summed E-state index contributed by atoms with van der Waals surface area (Å²) in [6.07, 6.45) is 7.59. The zero-order valence-electron chi connectivity index (χ0n) is 29.0. The van der Waals surface area contributed by atoms with Gasteiger partial charge in [0.2, 0.25) is 5.91 Å². The standard InChI is InChI=1S/C34H54N4O12/c1-2-50-28-14-12-26(13-15-28)19-27(20-36(22-31(42)43)17-18-37(23-32(44)45)24-33(46)47)38(25-34(48)49)21-29(39)35-16-10-8-6-4-3-5-7-9-11-30(40)41/h12-15,27H,2-11,16-25H2,1H3,(H,35,39)(H,40,41)(H,42,43)(H,44,45)(H,46,47)(H,48,49). The van der Waals surface area contributed by atoms with Gasteiger partial charge in [-0.1, -0.05) is 50.7 Å². The van der Waals surface area contributed by atoms with E-state index in [2.05, 4.69) is 5.32 Å². The Morgan fingerprint density at radius 3 is 1.66 bits per heavy atom. The maximum absolute atomic E-state index is 13.0. The zero-order valence-corrected chi connectivity index (χ0v) is 29.0. The molecule has 0 spiro atoms. The Balaban J connectivity index is 2.99. The van der Waals surface area contributed by atoms with Gasteiger partial charge in [0.1, 0.15) is 5.75 Å². The largest absolute Gasteiger partial charge is 0.494 e. The Morgan fingerprint density at radius 1 is 0.640 bits per heavy atom. The lowest BCUT2D eigenvalue weighted by Crippen LogP contribution is -2.52. The molecule has 1 aromatic carbocycles. The van der Waals surface area contributed by atoms with E-state index in [0.717, 1.165) is 55.4 Å². The summed E-state index contributed by atoms with van der Waals surface area (Å²) in [6.45, 7) is 0.203. The van der Waals surface area contributed by atoms with E-state index < -0.39 is 62.1 Å². The quantitative estimate of drug-likeness (QED) is 0.0605. The average Bonchev–Trinajstić information content (AvgIpc) is 3.01. The molecule has 0 fully saturated rings. The number of aliphatic carboxylic acids is 5. The van der Waals surface area contributed by atoms with Gasteiger partial charge in [-0.15, -0.1) is 0 Å². The molecule has 0 aliphatic rings. The number of nitrogens with one attached hydrogen (secondary N) is 1. The molecule has 0 aromatic heterocycles. The minimum absolute atomic E-state index is 0.00956. The highest BCUT2D eigenvalue weighted by atomic mass is 16.5. The van der Waals surface area contributed by atoms with Gasteiger partial charge in [-0.3, -0.25) is 43.5 Å². The number of carboxylic acid groups (broad SMARTS) is 5. The predicted octanol–water partition coefficient (Wildman–Crippen LogP) is 1.95. The molecule has 0 bridgehead atoms. The Kier molecular flexibility index (Phi) is 22.4. The first-order chi connectivity index (χ1) is 23.8. The van der Waals surface area contributed by atoms with Crippen molar-refractivity contribution >= 4 is 35.8 Å². The summed E-state index contributed by atoms with van der Waals surface area (Å²) in [5.74, 6) is -5.39. The molecule has 282 valence electrons. The number of benzene rings is 1. The summed E-state index contributed by atoms with van der Waals surface area (Å²) in [5, 5.41) is 49.4. The second-order valence-electron chi connectivity index (χ2n) is 12.2. The van der Waals surface area contributed by atoms with Gasteiger partial charge in [0.05, 0.1) is 39.3 Å². The second kappa shape index (κ2) is 25.7. The van der Waals surface area contributed by atoms with Crippen molar-refractivity contribution in [2.75, 3.05) is 65.5 Å². The molecular weight excluding hydrogens is 656 g/mol. The molecule has 1 rings (SSSR count). The predicted molar refractivity (Wildman–Crippen MR) is 182 cm³/mol. The van der Waals surface area contributed by atoms with Gasteiger partial charge in [0, 0.05) is 38.6 Å². The molecule has 1 amide bonds. The van der Waals surface area contributed by atoms with Gasteiger partial charge >= 0.3 is 29.8 Å². The third-order valence-electron chi connectivity index (χ3n) is 7.82. The maximum Gasteiger partial charge on any atom is 0.317 e. The van der Waals surface area contributed by atoms with Crippen LogP contribution in [0.1, 0.15) is 70.3 Å². The van der Waals surface area contributed by atoms with E-state index in [-0.39, 0.29) is 44.9 Å². The molecule has 0 aliphatic carbocycles. The summed E-state index contributed by atoms with van der Waals surface area (Å²) >= 11 is 0. The molecule has 0 saturated heterocycles. The van der Waals surface area contributed by atoms with Crippen molar-refractivity contribution in [3.63, 3.8) is 0 Å². The van der Waals surface area contributed by atoms with E-state index in [4.69, 9.17) is 9.84 Å². The molecule has 1 unspecified atom stereocenters. The molecule has 1 atom stereocenters. The van der Waals surface area contributed by atoms with Crippen LogP contribution in [-0.2, 0) is 35.2 Å². The van der Waals surface area contributed by atoms with E-state index >= 15 is 0 Å². The molecule has 6 N–H and O–H groups in total. The van der Waals surface area contributed by atoms with Gasteiger partial charge in [-0.05, 0) is 43.9 Å². The fraction of sp³-hybridized carbons (Fsp3) is 0.647. The molecule has 0 saturated carbocycles. The summed E-state index contributed by atoms with van der Waals surface area (Å²) < 4.78 is 5.51. The minimum atomic E-state index is -1.24. The van der Waals surface area contributed by atoms with Crippen LogP contribution in [0.25, 0.3) is 0 Å². The topological polar surface area (TPSA) is 235 Å². The van der Waals surface area contributed by atoms with Gasteiger partial charge in [0.15, 0.2) is 0 Å². The Hall–Kier alpha value is -4.28. The molecule has 50 heavy (non-hydrogen) atoms. The number of nitrogens with zero attached hydrogens (tertiary/aromatic N) is 3. The van der Waals surface area contributed by atoms with Crippen molar-refractivity contribution in [3.8, 4) is 5.75 Å². The van der Waals surface area contributed by atoms with Crippen molar-refractivity contribution in [1.82, 2.24) is 20.0 Å². The van der Waals surface area contributed by atoms with Crippen LogP contribution >= 0.6 is 0 Å². The normalized spacial score (nSPS) is 11.8. The van der Waals surface area contributed by atoms with Gasteiger partial charge in [-0.2, -0.15) is 0 Å². The Morgan fingerprint density at radius 2 is 1.14 bits per heavy atom. The number of ether oxygens (including phenoxy) is 1. The highest BCUT2D eigenvalue weighted by molar-refractivity contribution is 5.79. The SMILES string of the molecule is CCOc1ccc(CC(CN(CCN(CC(=O)O)CC(=O)O)CC(=O)O)N(CC(=O)O)CC(=O)NCCCCCCCCCCC(=O)O)cc1. The van der Waals surface area contributed by atoms with Crippen molar-refractivity contribution in [1.29, 1.82) is 0 Å².